The molecule has 1 fully saturated rings. The zero-order valence-corrected chi connectivity index (χ0v) is 20.8. The van der Waals surface area contributed by atoms with Crippen LogP contribution in [0.15, 0.2) is 65.6 Å². The van der Waals surface area contributed by atoms with E-state index in [1.165, 1.54) is 0 Å². The molecule has 1 N–H and O–H groups in total. The normalized spacial score (nSPS) is 14.1. The first-order valence-corrected chi connectivity index (χ1v) is 13.6. The second-order valence-electron chi connectivity index (χ2n) is 9.24. The molecule has 1 aliphatic rings. The average molecular weight is 495 g/mol. The summed E-state index contributed by atoms with van der Waals surface area (Å²) in [6.45, 7) is 3.99. The Kier molecular flexibility index (Phi) is 6.13. The molecule has 0 spiro atoms. The van der Waals surface area contributed by atoms with Crippen molar-refractivity contribution in [2.75, 3.05) is 5.75 Å². The minimum Gasteiger partial charge on any atom is -0.490 e. The number of ether oxygens (including phenoxy) is 1. The van der Waals surface area contributed by atoms with E-state index < -0.39 is 9.84 Å². The van der Waals surface area contributed by atoms with Crippen LogP contribution in [-0.4, -0.2) is 30.2 Å². The van der Waals surface area contributed by atoms with Gasteiger partial charge in [-0.25, -0.2) is 13.4 Å². The largest absolute Gasteiger partial charge is 0.490 e. The highest BCUT2D eigenvalue weighted by molar-refractivity contribution is 7.91. The first-order chi connectivity index (χ1) is 16.3. The van der Waals surface area contributed by atoms with Crippen molar-refractivity contribution in [2.24, 2.45) is 5.92 Å². The third-order valence-electron chi connectivity index (χ3n) is 5.97. The second kappa shape index (κ2) is 9.08. The number of sulfone groups is 1. The van der Waals surface area contributed by atoms with Gasteiger partial charge in [0.05, 0.1) is 32.8 Å². The Morgan fingerprint density at radius 2 is 1.79 bits per heavy atom. The van der Waals surface area contributed by atoms with Crippen LogP contribution in [-0.2, 0) is 16.3 Å². The molecule has 0 bridgehead atoms. The van der Waals surface area contributed by atoms with Gasteiger partial charge in [0, 0.05) is 17.5 Å². The van der Waals surface area contributed by atoms with Crippen LogP contribution < -0.4 is 4.74 Å². The van der Waals surface area contributed by atoms with E-state index in [1.54, 1.807) is 12.1 Å². The zero-order valence-electron chi connectivity index (χ0n) is 19.2. The van der Waals surface area contributed by atoms with Crippen LogP contribution in [0, 0.1) is 5.92 Å². The number of para-hydroxylation sites is 1. The van der Waals surface area contributed by atoms with Crippen molar-refractivity contribution in [2.45, 2.75) is 44.1 Å². The molecule has 0 unspecified atom stereocenters. The van der Waals surface area contributed by atoms with Gasteiger partial charge in [-0.3, -0.25) is 0 Å². The summed E-state index contributed by atoms with van der Waals surface area (Å²) < 4.78 is 31.0. The number of benzene rings is 3. The SMILES string of the molecule is CC(C)Oc1ccccc1-c1cc2nc(Cc3ccc(S(=O)(=O)CC4CC4)cc3)[nH]c2cc1Cl. The summed E-state index contributed by atoms with van der Waals surface area (Å²) in [5.41, 5.74) is 4.46. The number of hydrogen-bond acceptors (Lipinski definition) is 4. The van der Waals surface area contributed by atoms with Crippen LogP contribution in [0.1, 0.15) is 38.1 Å². The predicted molar refractivity (Wildman–Crippen MR) is 136 cm³/mol. The highest BCUT2D eigenvalue weighted by Crippen LogP contribution is 2.37. The molecule has 1 aliphatic carbocycles. The fourth-order valence-electron chi connectivity index (χ4n) is 4.12. The van der Waals surface area contributed by atoms with Gasteiger partial charge in [-0.15, -0.1) is 0 Å². The average Bonchev–Trinajstić information content (AvgIpc) is 3.50. The van der Waals surface area contributed by atoms with Crippen molar-refractivity contribution in [3.05, 3.63) is 77.1 Å². The van der Waals surface area contributed by atoms with Crippen molar-refractivity contribution in [1.82, 2.24) is 9.97 Å². The molecular weight excluding hydrogens is 468 g/mol. The van der Waals surface area contributed by atoms with E-state index >= 15 is 0 Å². The maximum Gasteiger partial charge on any atom is 0.178 e. The van der Waals surface area contributed by atoms with Crippen LogP contribution in [0.2, 0.25) is 5.02 Å². The van der Waals surface area contributed by atoms with Crippen molar-refractivity contribution in [3.63, 3.8) is 0 Å². The topological polar surface area (TPSA) is 72.0 Å². The van der Waals surface area contributed by atoms with Crippen molar-refractivity contribution < 1.29 is 13.2 Å². The van der Waals surface area contributed by atoms with E-state index in [9.17, 15) is 8.42 Å². The second-order valence-corrected chi connectivity index (χ2v) is 11.7. The van der Waals surface area contributed by atoms with Gasteiger partial charge in [-0.05, 0) is 68.5 Å². The minimum absolute atomic E-state index is 0.0516. The van der Waals surface area contributed by atoms with E-state index in [0.717, 1.165) is 52.1 Å². The number of nitrogens with zero attached hydrogens (tertiary/aromatic N) is 1. The highest BCUT2D eigenvalue weighted by atomic mass is 35.5. The number of fused-ring (bicyclic) bond motifs is 1. The van der Waals surface area contributed by atoms with E-state index in [1.807, 2.05) is 62.4 Å². The van der Waals surface area contributed by atoms with Crippen LogP contribution in [0.25, 0.3) is 22.2 Å². The molecule has 1 aromatic heterocycles. The number of halogens is 1. The summed E-state index contributed by atoms with van der Waals surface area (Å²) in [5, 5.41) is 0.618. The predicted octanol–water partition coefficient (Wildman–Crippen LogP) is 6.45. The number of hydrogen-bond donors (Lipinski definition) is 1. The molecule has 0 radical (unpaired) electrons. The van der Waals surface area contributed by atoms with Gasteiger partial charge < -0.3 is 9.72 Å². The Labute approximate surface area is 205 Å². The maximum atomic E-state index is 12.5. The molecule has 0 amide bonds. The summed E-state index contributed by atoms with van der Waals surface area (Å²) in [6, 6.07) is 18.9. The number of imidazole rings is 1. The molecule has 1 heterocycles. The van der Waals surface area contributed by atoms with Crippen LogP contribution in [0.3, 0.4) is 0 Å². The Balaban J connectivity index is 1.40. The Morgan fingerprint density at radius 1 is 1.06 bits per heavy atom. The Morgan fingerprint density at radius 3 is 2.50 bits per heavy atom. The van der Waals surface area contributed by atoms with Crippen molar-refractivity contribution >= 4 is 32.5 Å². The monoisotopic (exact) mass is 494 g/mol. The first-order valence-electron chi connectivity index (χ1n) is 11.5. The lowest BCUT2D eigenvalue weighted by molar-refractivity contribution is 0.243. The van der Waals surface area contributed by atoms with Crippen LogP contribution in [0.4, 0.5) is 0 Å². The Bertz CT molecular complexity index is 1440. The Hall–Kier alpha value is -2.83. The third-order valence-corrected chi connectivity index (χ3v) is 8.18. The van der Waals surface area contributed by atoms with E-state index in [4.69, 9.17) is 21.3 Å². The van der Waals surface area contributed by atoms with Crippen LogP contribution >= 0.6 is 11.6 Å². The summed E-state index contributed by atoms with van der Waals surface area (Å²) >= 11 is 6.66. The molecular formula is C27H27ClN2O3S. The van der Waals surface area contributed by atoms with Crippen LogP contribution in [0.5, 0.6) is 5.75 Å². The van der Waals surface area contributed by atoms with Crippen molar-refractivity contribution in [1.29, 1.82) is 0 Å². The fourth-order valence-corrected chi connectivity index (χ4v) is 6.08. The lowest BCUT2D eigenvalue weighted by Gasteiger charge is -2.15. The summed E-state index contributed by atoms with van der Waals surface area (Å²) in [6.07, 6.45) is 2.66. The molecule has 3 aromatic carbocycles. The zero-order chi connectivity index (χ0) is 23.9. The van der Waals surface area contributed by atoms with Crippen molar-refractivity contribution in [3.8, 4) is 16.9 Å². The van der Waals surface area contributed by atoms with Gasteiger partial charge in [-0.2, -0.15) is 0 Å². The van der Waals surface area contributed by atoms with E-state index in [-0.39, 0.29) is 11.9 Å². The quantitative estimate of drug-likeness (QED) is 0.305. The van der Waals surface area contributed by atoms with Gasteiger partial charge in [-0.1, -0.05) is 41.9 Å². The first kappa shape index (κ1) is 22.9. The molecule has 5 nitrogen and oxygen atoms in total. The molecule has 0 aliphatic heterocycles. The number of nitrogens with one attached hydrogen (secondary N) is 1. The molecule has 7 heteroatoms. The van der Waals surface area contributed by atoms with Gasteiger partial charge in [0.15, 0.2) is 9.84 Å². The number of rotatable bonds is 8. The lowest BCUT2D eigenvalue weighted by Crippen LogP contribution is -2.08. The standard InChI is InChI=1S/C27H27ClN2O3S/c1-17(2)33-26-6-4-3-5-21(26)22-14-24-25(15-23(22)28)30-27(29-24)13-18-9-11-20(12-10-18)34(31,32)16-19-7-8-19/h3-6,9-12,14-15,17,19H,7-8,13,16H2,1-2H3,(H,29,30). The molecule has 0 atom stereocenters. The summed E-state index contributed by atoms with van der Waals surface area (Å²) in [5.74, 6) is 2.17. The third kappa shape index (κ3) is 4.98. The molecule has 34 heavy (non-hydrogen) atoms. The van der Waals surface area contributed by atoms with Gasteiger partial charge in [0.1, 0.15) is 11.6 Å². The number of aromatic amines is 1. The molecule has 0 saturated heterocycles. The lowest BCUT2D eigenvalue weighted by atomic mass is 10.0. The van der Waals surface area contributed by atoms with E-state index in [0.29, 0.717) is 22.3 Å². The summed E-state index contributed by atoms with van der Waals surface area (Å²) in [7, 11) is -3.20. The number of H-pyrrole nitrogens is 1. The van der Waals surface area contributed by atoms with Gasteiger partial charge in [0.25, 0.3) is 0 Å². The smallest absolute Gasteiger partial charge is 0.178 e. The fraction of sp³-hybridized carbons (Fsp3) is 0.296. The summed E-state index contributed by atoms with van der Waals surface area (Å²) in [4.78, 5) is 8.51. The maximum absolute atomic E-state index is 12.5. The minimum atomic E-state index is -3.20. The van der Waals surface area contributed by atoms with Gasteiger partial charge in [0.2, 0.25) is 0 Å². The van der Waals surface area contributed by atoms with Gasteiger partial charge >= 0.3 is 0 Å². The highest BCUT2D eigenvalue weighted by Gasteiger charge is 2.29. The molecule has 5 rings (SSSR count). The van der Waals surface area contributed by atoms with E-state index in [2.05, 4.69) is 4.98 Å². The molecule has 1 saturated carbocycles. The molecule has 176 valence electrons. The number of aromatic nitrogens is 2. The molecule has 4 aromatic rings.